The van der Waals surface area contributed by atoms with E-state index in [4.69, 9.17) is 9.84 Å². The number of ether oxygens (including phenoxy) is 1. The summed E-state index contributed by atoms with van der Waals surface area (Å²) in [6.45, 7) is 10.0. The van der Waals surface area contributed by atoms with Gasteiger partial charge in [-0.2, -0.15) is 0 Å². The molecule has 0 amide bonds. The molecule has 0 radical (unpaired) electrons. The fraction of sp³-hybridized carbons (Fsp3) is 0.409. The Morgan fingerprint density at radius 1 is 1.15 bits per heavy atom. The van der Waals surface area contributed by atoms with Crippen molar-refractivity contribution in [1.82, 2.24) is 0 Å². The molecule has 0 spiro atoms. The molecular formula is C22H28O4S. The van der Waals surface area contributed by atoms with Crippen LogP contribution in [0.1, 0.15) is 59.8 Å². The molecule has 2 rings (SSSR count). The van der Waals surface area contributed by atoms with Crippen LogP contribution in [-0.2, 0) is 4.79 Å². The van der Waals surface area contributed by atoms with Crippen molar-refractivity contribution in [2.75, 3.05) is 12.4 Å². The number of carbonyl (C=O) groups is 1. The van der Waals surface area contributed by atoms with Gasteiger partial charge in [0.05, 0.1) is 5.25 Å². The van der Waals surface area contributed by atoms with Gasteiger partial charge in [-0.05, 0) is 71.5 Å². The predicted molar refractivity (Wildman–Crippen MR) is 111 cm³/mol. The summed E-state index contributed by atoms with van der Waals surface area (Å²) < 4.78 is 5.36. The Bertz CT molecular complexity index is 791. The van der Waals surface area contributed by atoms with Crippen molar-refractivity contribution in [3.05, 3.63) is 58.1 Å². The third kappa shape index (κ3) is 5.19. The Hall–Kier alpha value is -2.14. The molecule has 2 aromatic carbocycles. The van der Waals surface area contributed by atoms with Crippen molar-refractivity contribution in [3.8, 4) is 11.5 Å². The summed E-state index contributed by atoms with van der Waals surface area (Å²) in [5.41, 5.74) is 5.46. The van der Waals surface area contributed by atoms with Gasteiger partial charge >= 0.3 is 5.97 Å². The monoisotopic (exact) mass is 388 g/mol. The van der Waals surface area contributed by atoms with E-state index in [0.717, 1.165) is 28.0 Å². The van der Waals surface area contributed by atoms with E-state index >= 15 is 0 Å². The summed E-state index contributed by atoms with van der Waals surface area (Å²) in [5.74, 6) is 1.12. The maximum Gasteiger partial charge on any atom is 0.341 e. The van der Waals surface area contributed by atoms with E-state index in [1.165, 1.54) is 5.56 Å². The van der Waals surface area contributed by atoms with Crippen LogP contribution < -0.4 is 4.74 Å². The Morgan fingerprint density at radius 2 is 1.78 bits per heavy atom. The predicted octanol–water partition coefficient (Wildman–Crippen LogP) is 5.44. The Kier molecular flexibility index (Phi) is 7.19. The molecule has 2 aromatic rings. The second-order valence-electron chi connectivity index (χ2n) is 6.96. The molecule has 146 valence electrons. The minimum atomic E-state index is -0.987. The number of thioether (sulfide) groups is 1. The first-order valence-corrected chi connectivity index (χ1v) is 10.2. The molecular weight excluding hydrogens is 360 g/mol. The number of carboxylic acids is 1. The molecule has 5 heteroatoms. The summed E-state index contributed by atoms with van der Waals surface area (Å²) in [7, 11) is 0. The number of benzene rings is 2. The molecule has 0 saturated carbocycles. The van der Waals surface area contributed by atoms with Gasteiger partial charge in [-0.3, -0.25) is 0 Å². The van der Waals surface area contributed by atoms with Crippen LogP contribution in [0, 0.1) is 13.8 Å². The van der Waals surface area contributed by atoms with Crippen LogP contribution in [0.4, 0.5) is 0 Å². The zero-order chi connectivity index (χ0) is 20.1. The molecule has 2 N–H and O–H groups in total. The van der Waals surface area contributed by atoms with E-state index in [9.17, 15) is 9.90 Å². The number of carboxylic acid groups (broad SMARTS) is 1. The number of rotatable bonds is 8. The molecule has 1 atom stereocenters. The van der Waals surface area contributed by atoms with Crippen molar-refractivity contribution in [1.29, 1.82) is 0 Å². The Morgan fingerprint density at radius 3 is 2.30 bits per heavy atom. The standard InChI is InChI=1S/C22H28O4S/c1-6-27-22(16-7-8-19(23)18(11-16)13(2)3)21-14(4)9-17(10-15(21)5)26-12-20(24)25/h7-11,13,22-23H,6,12H2,1-5H3,(H,24,25). The van der Waals surface area contributed by atoms with Crippen LogP contribution in [0.15, 0.2) is 30.3 Å². The second kappa shape index (κ2) is 9.18. The van der Waals surface area contributed by atoms with Gasteiger partial charge in [0, 0.05) is 0 Å². The van der Waals surface area contributed by atoms with Gasteiger partial charge in [-0.25, -0.2) is 4.79 Å². The molecule has 0 aromatic heterocycles. The number of aliphatic carboxylic acids is 1. The van der Waals surface area contributed by atoms with Gasteiger partial charge < -0.3 is 14.9 Å². The Balaban J connectivity index is 2.48. The number of phenols is 1. The fourth-order valence-electron chi connectivity index (χ4n) is 3.29. The summed E-state index contributed by atoms with van der Waals surface area (Å²) >= 11 is 1.84. The minimum Gasteiger partial charge on any atom is -0.508 e. The maximum atomic E-state index is 10.8. The quantitative estimate of drug-likeness (QED) is 0.630. The van der Waals surface area contributed by atoms with Crippen LogP contribution in [0.25, 0.3) is 0 Å². The first-order chi connectivity index (χ1) is 12.7. The lowest BCUT2D eigenvalue weighted by atomic mass is 9.92. The molecule has 0 bridgehead atoms. The van der Waals surface area contributed by atoms with Crippen molar-refractivity contribution < 1.29 is 19.7 Å². The first-order valence-electron chi connectivity index (χ1n) is 9.14. The smallest absolute Gasteiger partial charge is 0.341 e. The molecule has 0 heterocycles. The lowest BCUT2D eigenvalue weighted by molar-refractivity contribution is -0.139. The van der Waals surface area contributed by atoms with Crippen LogP contribution in [0.3, 0.4) is 0 Å². The third-order valence-electron chi connectivity index (χ3n) is 4.50. The molecule has 27 heavy (non-hydrogen) atoms. The second-order valence-corrected chi connectivity index (χ2v) is 8.34. The van der Waals surface area contributed by atoms with Gasteiger partial charge in [0.1, 0.15) is 11.5 Å². The molecule has 0 aliphatic carbocycles. The summed E-state index contributed by atoms with van der Waals surface area (Å²) in [5, 5.41) is 19.1. The summed E-state index contributed by atoms with van der Waals surface area (Å²) in [6, 6.07) is 9.67. The van der Waals surface area contributed by atoms with E-state index in [1.54, 1.807) is 6.07 Å². The lowest BCUT2D eigenvalue weighted by Gasteiger charge is -2.23. The molecule has 0 saturated heterocycles. The van der Waals surface area contributed by atoms with E-state index in [1.807, 2.05) is 43.8 Å². The van der Waals surface area contributed by atoms with Crippen LogP contribution in [0.2, 0.25) is 0 Å². The zero-order valence-electron chi connectivity index (χ0n) is 16.6. The van der Waals surface area contributed by atoms with Crippen LogP contribution in [-0.4, -0.2) is 28.5 Å². The van der Waals surface area contributed by atoms with Crippen molar-refractivity contribution in [2.45, 2.75) is 45.8 Å². The minimum absolute atomic E-state index is 0.140. The fourth-order valence-corrected chi connectivity index (χ4v) is 4.50. The SMILES string of the molecule is CCSC(c1ccc(O)c(C(C)C)c1)c1c(C)cc(OCC(=O)O)cc1C. The number of aromatic hydroxyl groups is 1. The number of hydrogen-bond donors (Lipinski definition) is 2. The van der Waals surface area contributed by atoms with E-state index in [2.05, 4.69) is 26.8 Å². The zero-order valence-corrected chi connectivity index (χ0v) is 17.4. The first kappa shape index (κ1) is 21.2. The molecule has 0 fully saturated rings. The van der Waals surface area contributed by atoms with Gasteiger partial charge in [0.15, 0.2) is 6.61 Å². The summed E-state index contributed by atoms with van der Waals surface area (Å²) in [4.78, 5) is 10.8. The molecule has 1 unspecified atom stereocenters. The largest absolute Gasteiger partial charge is 0.508 e. The van der Waals surface area contributed by atoms with Gasteiger partial charge in [0.25, 0.3) is 0 Å². The highest BCUT2D eigenvalue weighted by atomic mass is 32.2. The normalized spacial score (nSPS) is 12.2. The van der Waals surface area contributed by atoms with Crippen molar-refractivity contribution in [2.24, 2.45) is 0 Å². The average molecular weight is 389 g/mol. The van der Waals surface area contributed by atoms with E-state index in [0.29, 0.717) is 11.5 Å². The van der Waals surface area contributed by atoms with Gasteiger partial charge in [0.2, 0.25) is 0 Å². The molecule has 4 nitrogen and oxygen atoms in total. The number of aryl methyl sites for hydroxylation is 2. The van der Waals surface area contributed by atoms with E-state index < -0.39 is 5.97 Å². The number of hydrogen-bond acceptors (Lipinski definition) is 4. The average Bonchev–Trinajstić information content (AvgIpc) is 2.59. The highest BCUT2D eigenvalue weighted by Crippen LogP contribution is 2.42. The third-order valence-corrected chi connectivity index (χ3v) is 5.68. The van der Waals surface area contributed by atoms with Crippen LogP contribution >= 0.6 is 11.8 Å². The summed E-state index contributed by atoms with van der Waals surface area (Å²) in [6.07, 6.45) is 0. The van der Waals surface area contributed by atoms with Gasteiger partial charge in [-0.1, -0.05) is 32.9 Å². The highest BCUT2D eigenvalue weighted by molar-refractivity contribution is 7.99. The topological polar surface area (TPSA) is 66.8 Å². The van der Waals surface area contributed by atoms with Crippen molar-refractivity contribution >= 4 is 17.7 Å². The number of phenolic OH excluding ortho intramolecular Hbond substituents is 1. The highest BCUT2D eigenvalue weighted by Gasteiger charge is 2.21. The van der Waals surface area contributed by atoms with Crippen LogP contribution in [0.5, 0.6) is 11.5 Å². The van der Waals surface area contributed by atoms with Crippen molar-refractivity contribution in [3.63, 3.8) is 0 Å². The lowest BCUT2D eigenvalue weighted by Crippen LogP contribution is -2.10. The van der Waals surface area contributed by atoms with Gasteiger partial charge in [-0.15, -0.1) is 11.8 Å². The molecule has 0 aliphatic heterocycles. The maximum absolute atomic E-state index is 10.8. The Labute approximate surface area is 165 Å². The molecule has 0 aliphatic rings. The van der Waals surface area contributed by atoms with E-state index in [-0.39, 0.29) is 17.8 Å².